The number of aryl methyl sites for hydroxylation is 3. The second kappa shape index (κ2) is 9.96. The minimum Gasteiger partial charge on any atom is -0.384 e. The molecule has 8 nitrogen and oxygen atoms in total. The number of pyridine rings is 2. The maximum atomic E-state index is 13.5. The summed E-state index contributed by atoms with van der Waals surface area (Å²) in [6.45, 7) is 5.99. The van der Waals surface area contributed by atoms with Crippen molar-refractivity contribution in [2.45, 2.75) is 40.3 Å². The van der Waals surface area contributed by atoms with Gasteiger partial charge in [0, 0.05) is 24.0 Å². The first kappa shape index (κ1) is 23.5. The van der Waals surface area contributed by atoms with E-state index in [1.807, 2.05) is 13.8 Å². The molecule has 0 saturated carbocycles. The van der Waals surface area contributed by atoms with Crippen LogP contribution in [-0.4, -0.2) is 15.6 Å². The molecule has 0 unspecified atom stereocenters. The molecule has 4 N–H and O–H groups in total. The molecule has 3 rings (SSSR count). The van der Waals surface area contributed by atoms with Crippen LogP contribution in [0, 0.1) is 37.9 Å². The van der Waals surface area contributed by atoms with Gasteiger partial charge in [0.15, 0.2) is 0 Å². The second-order valence-corrected chi connectivity index (χ2v) is 7.79. The van der Waals surface area contributed by atoms with Crippen molar-refractivity contribution in [2.75, 3.05) is 11.2 Å². The first-order chi connectivity index (χ1) is 15.7. The van der Waals surface area contributed by atoms with Crippen LogP contribution in [0.15, 0.2) is 41.3 Å². The minimum atomic E-state index is -0.595. The number of nitrogens with one attached hydrogen (secondary N) is 2. The molecule has 0 bridgehead atoms. The Balaban J connectivity index is 1.70. The van der Waals surface area contributed by atoms with E-state index in [0.29, 0.717) is 22.5 Å². The third kappa shape index (κ3) is 5.54. The third-order valence-corrected chi connectivity index (χ3v) is 5.40. The number of carbonyl (C=O) groups is 1. The Labute approximate surface area is 190 Å². The van der Waals surface area contributed by atoms with E-state index in [4.69, 9.17) is 11.0 Å². The number of amides is 1. The van der Waals surface area contributed by atoms with Gasteiger partial charge in [-0.05, 0) is 67.3 Å². The van der Waals surface area contributed by atoms with E-state index in [1.54, 1.807) is 31.3 Å². The van der Waals surface area contributed by atoms with Gasteiger partial charge in [-0.2, -0.15) is 5.26 Å². The van der Waals surface area contributed by atoms with E-state index in [-0.39, 0.29) is 36.5 Å². The molecule has 0 spiro atoms. The van der Waals surface area contributed by atoms with Gasteiger partial charge in [0.2, 0.25) is 5.91 Å². The number of aromatic nitrogens is 2. The van der Waals surface area contributed by atoms with Gasteiger partial charge in [-0.15, -0.1) is 0 Å². The number of halogens is 1. The molecule has 2 heterocycles. The van der Waals surface area contributed by atoms with Gasteiger partial charge in [-0.25, -0.2) is 14.1 Å². The summed E-state index contributed by atoms with van der Waals surface area (Å²) in [5.74, 6) is -0.458. The van der Waals surface area contributed by atoms with Gasteiger partial charge < -0.3 is 16.5 Å². The predicted molar refractivity (Wildman–Crippen MR) is 123 cm³/mol. The van der Waals surface area contributed by atoms with E-state index < -0.39 is 5.82 Å². The molecule has 0 fully saturated rings. The minimum absolute atomic E-state index is 0.0651. The lowest BCUT2D eigenvalue weighted by Crippen LogP contribution is -2.34. The third-order valence-electron chi connectivity index (χ3n) is 5.40. The van der Waals surface area contributed by atoms with Crippen molar-refractivity contribution >= 4 is 11.7 Å². The van der Waals surface area contributed by atoms with Gasteiger partial charge in [0.25, 0.3) is 5.56 Å². The van der Waals surface area contributed by atoms with Crippen molar-refractivity contribution in [3.8, 4) is 6.07 Å². The highest BCUT2D eigenvalue weighted by atomic mass is 19.1. The molecular formula is C24H25FN6O2. The molecule has 0 aliphatic rings. The van der Waals surface area contributed by atoms with Crippen LogP contribution in [-0.2, 0) is 24.3 Å². The summed E-state index contributed by atoms with van der Waals surface area (Å²) in [6, 6.07) is 9.45. The molecule has 9 heteroatoms. The fourth-order valence-electron chi connectivity index (χ4n) is 3.52. The Hall–Kier alpha value is -4.19. The van der Waals surface area contributed by atoms with E-state index in [2.05, 4.69) is 15.7 Å². The number of benzene rings is 1. The number of anilines is 1. The number of rotatable bonds is 7. The summed E-state index contributed by atoms with van der Waals surface area (Å²) in [6.07, 6.45) is 1.49. The van der Waals surface area contributed by atoms with Crippen LogP contribution < -0.4 is 22.0 Å². The van der Waals surface area contributed by atoms with Crippen molar-refractivity contribution < 1.29 is 9.18 Å². The topological polar surface area (TPSA) is 126 Å². The molecule has 0 saturated heterocycles. The molecule has 33 heavy (non-hydrogen) atoms. The number of carbonyl (C=O) groups excluding carboxylic acids is 1. The SMILES string of the molecule is Cc1cc(N)nc(C)c1CNC(=O)Cc1c(C)ccn(NCc2ccc(F)c(C#N)c2)c1=O. The smallest absolute Gasteiger partial charge is 0.272 e. The molecule has 0 radical (unpaired) electrons. The van der Waals surface area contributed by atoms with Crippen LogP contribution >= 0.6 is 0 Å². The standard InChI is InChI=1S/C24H25FN6O2/c1-14-6-7-31(29-12-17-4-5-21(25)18(9-17)11-26)24(33)19(14)10-23(32)28-13-20-15(2)8-22(27)30-16(20)3/h4-9,29H,10,12-13H2,1-3H3,(H2,27,30)(H,28,32). The summed E-state index contributed by atoms with van der Waals surface area (Å²) in [4.78, 5) is 29.7. The Morgan fingerprint density at radius 2 is 1.91 bits per heavy atom. The normalized spacial score (nSPS) is 10.5. The molecule has 1 amide bonds. The molecule has 0 atom stereocenters. The molecular weight excluding hydrogens is 423 g/mol. The molecule has 1 aromatic carbocycles. The Morgan fingerprint density at radius 3 is 2.61 bits per heavy atom. The molecule has 2 aromatic heterocycles. The zero-order chi connectivity index (χ0) is 24.1. The van der Waals surface area contributed by atoms with E-state index >= 15 is 0 Å². The van der Waals surface area contributed by atoms with Gasteiger partial charge in [-0.1, -0.05) is 6.07 Å². The zero-order valence-corrected chi connectivity index (χ0v) is 18.7. The summed E-state index contributed by atoms with van der Waals surface area (Å²) in [7, 11) is 0. The maximum absolute atomic E-state index is 13.5. The number of nitrogens with two attached hydrogens (primary N) is 1. The first-order valence-corrected chi connectivity index (χ1v) is 10.3. The highest BCUT2D eigenvalue weighted by Gasteiger charge is 2.14. The number of hydrogen-bond donors (Lipinski definition) is 3. The fourth-order valence-corrected chi connectivity index (χ4v) is 3.52. The highest BCUT2D eigenvalue weighted by molar-refractivity contribution is 5.78. The van der Waals surface area contributed by atoms with Crippen molar-refractivity contribution in [1.29, 1.82) is 5.26 Å². The van der Waals surface area contributed by atoms with Gasteiger partial charge in [-0.3, -0.25) is 9.59 Å². The van der Waals surface area contributed by atoms with Crippen molar-refractivity contribution in [3.63, 3.8) is 0 Å². The summed E-state index contributed by atoms with van der Waals surface area (Å²) >= 11 is 0. The number of nitriles is 1. The lowest BCUT2D eigenvalue weighted by molar-refractivity contribution is -0.120. The largest absolute Gasteiger partial charge is 0.384 e. The quantitative estimate of drug-likeness (QED) is 0.509. The molecule has 3 aromatic rings. The van der Waals surface area contributed by atoms with Crippen molar-refractivity contribution in [2.24, 2.45) is 0 Å². The summed E-state index contributed by atoms with van der Waals surface area (Å²) in [5.41, 5.74) is 12.5. The fraction of sp³-hybridized carbons (Fsp3) is 0.250. The van der Waals surface area contributed by atoms with Crippen molar-refractivity contribution in [1.82, 2.24) is 15.0 Å². The molecule has 0 aliphatic heterocycles. The summed E-state index contributed by atoms with van der Waals surface area (Å²) in [5, 5.41) is 11.8. The van der Waals surface area contributed by atoms with Crippen LogP contribution in [0.4, 0.5) is 10.2 Å². The lowest BCUT2D eigenvalue weighted by Gasteiger charge is -2.14. The van der Waals surface area contributed by atoms with Crippen LogP contribution in [0.5, 0.6) is 0 Å². The second-order valence-electron chi connectivity index (χ2n) is 7.79. The van der Waals surface area contributed by atoms with Crippen LogP contribution in [0.3, 0.4) is 0 Å². The summed E-state index contributed by atoms with van der Waals surface area (Å²) < 4.78 is 14.8. The van der Waals surface area contributed by atoms with Crippen LogP contribution in [0.2, 0.25) is 0 Å². The highest BCUT2D eigenvalue weighted by Crippen LogP contribution is 2.14. The first-order valence-electron chi connectivity index (χ1n) is 10.3. The van der Waals surface area contributed by atoms with Crippen LogP contribution in [0.25, 0.3) is 0 Å². The maximum Gasteiger partial charge on any atom is 0.272 e. The van der Waals surface area contributed by atoms with E-state index in [0.717, 1.165) is 16.8 Å². The van der Waals surface area contributed by atoms with Gasteiger partial charge in [0.1, 0.15) is 17.7 Å². The average Bonchev–Trinajstić information content (AvgIpc) is 2.76. The predicted octanol–water partition coefficient (Wildman–Crippen LogP) is 2.36. The Bertz CT molecular complexity index is 1290. The van der Waals surface area contributed by atoms with E-state index in [1.165, 1.54) is 22.9 Å². The van der Waals surface area contributed by atoms with Crippen LogP contribution in [0.1, 0.15) is 39.1 Å². The monoisotopic (exact) mass is 448 g/mol. The number of nitrogen functional groups attached to an aromatic ring is 1. The number of hydrogen-bond acceptors (Lipinski definition) is 6. The lowest BCUT2D eigenvalue weighted by atomic mass is 10.1. The molecule has 0 aliphatic carbocycles. The Morgan fingerprint density at radius 1 is 1.15 bits per heavy atom. The zero-order valence-electron chi connectivity index (χ0n) is 18.7. The van der Waals surface area contributed by atoms with Gasteiger partial charge >= 0.3 is 0 Å². The molecule has 170 valence electrons. The number of nitrogens with zero attached hydrogens (tertiary/aromatic N) is 3. The van der Waals surface area contributed by atoms with Crippen molar-refractivity contribution in [3.05, 3.63) is 91.8 Å². The van der Waals surface area contributed by atoms with Gasteiger partial charge in [0.05, 0.1) is 18.5 Å². The Kier molecular flexibility index (Phi) is 7.08. The average molecular weight is 449 g/mol. The van der Waals surface area contributed by atoms with E-state index in [9.17, 15) is 14.0 Å².